The van der Waals surface area contributed by atoms with E-state index in [1.807, 2.05) is 13.8 Å². The Hall–Kier alpha value is -2.89. The second-order valence-electron chi connectivity index (χ2n) is 8.75. The fraction of sp³-hybridized carbons (Fsp3) is 0.480. The van der Waals surface area contributed by atoms with E-state index in [9.17, 15) is 18.7 Å². The molecule has 2 aromatic heterocycles. The first-order valence-corrected chi connectivity index (χ1v) is 12.9. The zero-order valence-electron chi connectivity index (χ0n) is 20.9. The number of rotatable bonds is 8. The predicted molar refractivity (Wildman–Crippen MR) is 139 cm³/mol. The maximum absolute atomic E-state index is 14.6. The highest BCUT2D eigenvalue weighted by Crippen LogP contribution is 2.29. The summed E-state index contributed by atoms with van der Waals surface area (Å²) >= 11 is 1.40. The van der Waals surface area contributed by atoms with Gasteiger partial charge in [0.05, 0.1) is 44.8 Å². The van der Waals surface area contributed by atoms with Crippen LogP contribution in [-0.2, 0) is 4.74 Å². The Morgan fingerprint density at radius 3 is 2.64 bits per heavy atom. The van der Waals surface area contributed by atoms with Crippen LogP contribution < -0.4 is 16.0 Å². The SMILES string of the molecule is CC.CC(C)(O)C(F)CNC(=O)c1cnc(Nc2cc3scnc3cc2F)cc1NC1CCOCC1. The Balaban J connectivity index is 0.00000176. The standard InChI is InChI=1S/C23H27F2N5O3S.C2H6/c1-23(2,32)20(25)11-27-22(31)14-10-26-21(9-16(14)29-13-3-5-33-6-4-13)30-17-8-19-18(7-15(17)24)28-12-34-19;1-2/h7-10,12-13,20,32H,3-6,11H2,1-2H3,(H,27,31)(H2,26,29,30);1-2H3. The molecule has 1 fully saturated rings. The van der Waals surface area contributed by atoms with E-state index >= 15 is 0 Å². The minimum Gasteiger partial charge on any atom is -0.387 e. The summed E-state index contributed by atoms with van der Waals surface area (Å²) in [5.74, 6) is -0.659. The maximum Gasteiger partial charge on any atom is 0.255 e. The van der Waals surface area contributed by atoms with Crippen molar-refractivity contribution in [3.63, 3.8) is 0 Å². The zero-order chi connectivity index (χ0) is 26.3. The van der Waals surface area contributed by atoms with Gasteiger partial charge < -0.3 is 25.8 Å². The number of benzene rings is 1. The molecule has 36 heavy (non-hydrogen) atoms. The lowest BCUT2D eigenvalue weighted by Gasteiger charge is -2.26. The van der Waals surface area contributed by atoms with Crippen LogP contribution in [0.2, 0.25) is 0 Å². The molecule has 1 aromatic carbocycles. The van der Waals surface area contributed by atoms with E-state index in [1.54, 1.807) is 17.6 Å². The lowest BCUT2D eigenvalue weighted by molar-refractivity contribution is -0.00177. The highest BCUT2D eigenvalue weighted by molar-refractivity contribution is 7.16. The number of nitrogens with one attached hydrogen (secondary N) is 3. The molecule has 1 aliphatic heterocycles. The van der Waals surface area contributed by atoms with Crippen molar-refractivity contribution in [2.24, 2.45) is 0 Å². The molecule has 4 rings (SSSR count). The molecule has 1 amide bonds. The van der Waals surface area contributed by atoms with E-state index in [2.05, 4.69) is 25.9 Å². The maximum atomic E-state index is 14.6. The zero-order valence-corrected chi connectivity index (χ0v) is 21.7. The number of ether oxygens (including phenoxy) is 1. The van der Waals surface area contributed by atoms with Gasteiger partial charge in [-0.1, -0.05) is 13.8 Å². The Kier molecular flexibility index (Phi) is 9.52. The van der Waals surface area contributed by atoms with Gasteiger partial charge in [-0.05, 0) is 32.8 Å². The average Bonchev–Trinajstić information content (AvgIpc) is 3.31. The van der Waals surface area contributed by atoms with Crippen molar-refractivity contribution in [3.05, 3.63) is 41.3 Å². The number of nitrogens with zero attached hydrogens (tertiary/aromatic N) is 2. The smallest absolute Gasteiger partial charge is 0.255 e. The Labute approximate surface area is 213 Å². The first-order valence-electron chi connectivity index (χ1n) is 12.0. The number of amides is 1. The summed E-state index contributed by atoms with van der Waals surface area (Å²) in [5, 5.41) is 18.6. The molecule has 11 heteroatoms. The molecule has 1 aliphatic rings. The molecule has 0 bridgehead atoms. The Morgan fingerprint density at radius 2 is 1.94 bits per heavy atom. The molecule has 1 unspecified atom stereocenters. The van der Waals surface area contributed by atoms with Crippen LogP contribution in [0.15, 0.2) is 29.9 Å². The molecule has 1 atom stereocenters. The van der Waals surface area contributed by atoms with Crippen molar-refractivity contribution < 1.29 is 23.4 Å². The van der Waals surface area contributed by atoms with Crippen molar-refractivity contribution in [2.45, 2.75) is 58.4 Å². The van der Waals surface area contributed by atoms with Gasteiger partial charge in [0.15, 0.2) is 0 Å². The Morgan fingerprint density at radius 1 is 1.22 bits per heavy atom. The molecule has 0 saturated carbocycles. The molecule has 196 valence electrons. The molecule has 8 nitrogen and oxygen atoms in total. The van der Waals surface area contributed by atoms with Crippen molar-refractivity contribution in [2.75, 3.05) is 30.4 Å². The summed E-state index contributed by atoms with van der Waals surface area (Å²) in [6, 6.07) is 4.72. The van der Waals surface area contributed by atoms with Crippen LogP contribution >= 0.6 is 11.3 Å². The van der Waals surface area contributed by atoms with E-state index in [0.29, 0.717) is 30.2 Å². The van der Waals surface area contributed by atoms with Crippen LogP contribution in [-0.4, -0.2) is 58.6 Å². The van der Waals surface area contributed by atoms with E-state index in [-0.39, 0.29) is 23.8 Å². The number of alkyl halides is 1. The number of hydrogen-bond donors (Lipinski definition) is 4. The van der Waals surface area contributed by atoms with Gasteiger partial charge in [-0.2, -0.15) is 0 Å². The lowest BCUT2D eigenvalue weighted by Crippen LogP contribution is -2.42. The number of thiazole rings is 1. The van der Waals surface area contributed by atoms with Crippen LogP contribution in [0.4, 0.5) is 26.0 Å². The molecule has 0 aliphatic carbocycles. The fourth-order valence-corrected chi connectivity index (χ4v) is 4.22. The summed E-state index contributed by atoms with van der Waals surface area (Å²) in [7, 11) is 0. The van der Waals surface area contributed by atoms with Gasteiger partial charge in [0, 0.05) is 37.6 Å². The minimum atomic E-state index is -1.64. The number of anilines is 3. The van der Waals surface area contributed by atoms with Crippen LogP contribution in [0.1, 0.15) is 50.9 Å². The summed E-state index contributed by atoms with van der Waals surface area (Å²) in [6.07, 6.45) is 1.24. The average molecular weight is 522 g/mol. The number of aliphatic hydroxyl groups is 1. The van der Waals surface area contributed by atoms with Gasteiger partial charge in [-0.15, -0.1) is 11.3 Å². The largest absolute Gasteiger partial charge is 0.387 e. The minimum absolute atomic E-state index is 0.0751. The molecule has 3 heterocycles. The van der Waals surface area contributed by atoms with Gasteiger partial charge in [0.2, 0.25) is 0 Å². The second-order valence-corrected chi connectivity index (χ2v) is 9.64. The van der Waals surface area contributed by atoms with Crippen molar-refractivity contribution in [1.29, 1.82) is 0 Å². The monoisotopic (exact) mass is 521 g/mol. The van der Waals surface area contributed by atoms with Gasteiger partial charge in [-0.3, -0.25) is 4.79 Å². The number of carbonyl (C=O) groups excluding carboxylic acids is 1. The summed E-state index contributed by atoms with van der Waals surface area (Å²) in [4.78, 5) is 21.2. The summed E-state index contributed by atoms with van der Waals surface area (Å²) < 4.78 is 34.9. The first-order chi connectivity index (χ1) is 17.2. The van der Waals surface area contributed by atoms with Crippen LogP contribution in [0.3, 0.4) is 0 Å². The summed E-state index contributed by atoms with van der Waals surface area (Å²) in [6.45, 7) is 7.54. The van der Waals surface area contributed by atoms with Gasteiger partial charge in [0.1, 0.15) is 17.8 Å². The number of hydrogen-bond acceptors (Lipinski definition) is 8. The number of fused-ring (bicyclic) bond motifs is 1. The quantitative estimate of drug-likeness (QED) is 0.329. The van der Waals surface area contributed by atoms with Crippen molar-refractivity contribution in [1.82, 2.24) is 15.3 Å². The molecule has 0 radical (unpaired) electrons. The third-order valence-electron chi connectivity index (χ3n) is 5.62. The van der Waals surface area contributed by atoms with E-state index in [1.165, 1.54) is 37.4 Å². The molecule has 4 N–H and O–H groups in total. The first kappa shape index (κ1) is 27.7. The van der Waals surface area contributed by atoms with Crippen LogP contribution in [0.5, 0.6) is 0 Å². The fourth-order valence-electron chi connectivity index (χ4n) is 3.53. The van der Waals surface area contributed by atoms with Gasteiger partial charge in [0.25, 0.3) is 5.91 Å². The van der Waals surface area contributed by atoms with E-state index in [4.69, 9.17) is 4.74 Å². The lowest BCUT2D eigenvalue weighted by atomic mass is 10.0. The molecule has 3 aromatic rings. The summed E-state index contributed by atoms with van der Waals surface area (Å²) in [5.41, 5.74) is 1.59. The Bertz CT molecular complexity index is 1160. The topological polar surface area (TPSA) is 108 Å². The number of pyridine rings is 1. The highest BCUT2D eigenvalue weighted by Gasteiger charge is 2.27. The van der Waals surface area contributed by atoms with Crippen LogP contribution in [0, 0.1) is 5.82 Å². The molecule has 0 spiro atoms. The predicted octanol–water partition coefficient (Wildman–Crippen LogP) is 5.03. The number of halogens is 2. The third-order valence-corrected chi connectivity index (χ3v) is 6.41. The van der Waals surface area contributed by atoms with Gasteiger partial charge in [-0.25, -0.2) is 18.7 Å². The van der Waals surface area contributed by atoms with Gasteiger partial charge >= 0.3 is 0 Å². The van der Waals surface area contributed by atoms with E-state index in [0.717, 1.165) is 17.5 Å². The van der Waals surface area contributed by atoms with Crippen molar-refractivity contribution >= 4 is 44.7 Å². The number of aromatic nitrogens is 2. The number of carbonyl (C=O) groups is 1. The molecule has 1 saturated heterocycles. The molecular weight excluding hydrogens is 488 g/mol. The second kappa shape index (κ2) is 12.4. The van der Waals surface area contributed by atoms with Crippen molar-refractivity contribution in [3.8, 4) is 0 Å². The molecular formula is C25H33F2N5O3S. The normalized spacial score (nSPS) is 15.1. The third kappa shape index (κ3) is 7.08. The van der Waals surface area contributed by atoms with Crippen LogP contribution in [0.25, 0.3) is 10.2 Å². The van der Waals surface area contributed by atoms with E-state index < -0.39 is 23.5 Å². The highest BCUT2D eigenvalue weighted by atomic mass is 32.1.